The number of hydrogen-bond acceptors (Lipinski definition) is 11. The number of methoxy groups -OCH3 is 3. The van der Waals surface area contributed by atoms with E-state index in [2.05, 4.69) is 20.0 Å². The maximum atomic E-state index is 15.1. The van der Waals surface area contributed by atoms with Crippen LogP contribution in [0.4, 0.5) is 30.6 Å². The van der Waals surface area contributed by atoms with Gasteiger partial charge in [-0.3, -0.25) is 4.79 Å². The second-order valence-electron chi connectivity index (χ2n) is 12.1. The lowest BCUT2D eigenvalue weighted by atomic mass is 10.1. The molecule has 1 aliphatic rings. The van der Waals surface area contributed by atoms with Crippen LogP contribution in [0.1, 0.15) is 34.8 Å². The number of imide groups is 1. The van der Waals surface area contributed by atoms with Gasteiger partial charge >= 0.3 is 18.0 Å². The Morgan fingerprint density at radius 1 is 0.759 bits per heavy atom. The highest BCUT2D eigenvalue weighted by atomic mass is 35.5. The molecule has 3 aromatic carbocycles. The molecule has 58 heavy (non-hydrogen) atoms. The number of amides is 3. The molecule has 0 atom stereocenters. The molecule has 0 saturated carbocycles. The number of pyridine rings is 2. The highest BCUT2D eigenvalue weighted by molar-refractivity contribution is 6.39. The van der Waals surface area contributed by atoms with Crippen LogP contribution in [-0.2, 0) is 14.3 Å². The number of anilines is 3. The van der Waals surface area contributed by atoms with Crippen LogP contribution in [0.3, 0.4) is 0 Å². The molecule has 304 valence electrons. The van der Waals surface area contributed by atoms with Gasteiger partial charge < -0.3 is 25.3 Å². The summed E-state index contributed by atoms with van der Waals surface area (Å²) < 4.78 is 44.9. The van der Waals surface area contributed by atoms with Gasteiger partial charge in [-0.1, -0.05) is 59.1 Å². The molecule has 1 aliphatic heterocycles. The molecule has 0 aliphatic carbocycles. The molecule has 2 aromatic heterocycles. The Balaban J connectivity index is 0.000000210. The lowest BCUT2D eigenvalue weighted by Crippen LogP contribution is -2.38. The Morgan fingerprint density at radius 2 is 1.26 bits per heavy atom. The molecule has 3 amide bonds. The zero-order valence-electron chi connectivity index (χ0n) is 30.9. The molecule has 1 saturated heterocycles. The first-order chi connectivity index (χ1) is 27.3. The average Bonchev–Trinajstić information content (AvgIpc) is 3.35. The van der Waals surface area contributed by atoms with Crippen molar-refractivity contribution in [1.82, 2.24) is 18.8 Å². The molecule has 0 bridgehead atoms. The summed E-state index contributed by atoms with van der Waals surface area (Å²) in [5.74, 6) is -2.70. The number of nitrogens with zero attached hydrogens (tertiary/aromatic N) is 4. The zero-order valence-corrected chi connectivity index (χ0v) is 34.7. The van der Waals surface area contributed by atoms with Crippen LogP contribution in [0.5, 0.6) is 5.75 Å². The fraction of sp³-hybridized carbons (Fsp3) is 0.158. The zero-order chi connectivity index (χ0) is 43.1. The van der Waals surface area contributed by atoms with E-state index in [1.54, 1.807) is 79.9 Å². The minimum Gasteiger partial charge on any atom is -0.497 e. The van der Waals surface area contributed by atoms with Gasteiger partial charge in [-0.05, 0) is 68.4 Å². The Labute approximate surface area is 355 Å². The van der Waals surface area contributed by atoms with Crippen LogP contribution in [0.25, 0.3) is 22.5 Å². The molecule has 20 heteroatoms. The van der Waals surface area contributed by atoms with Gasteiger partial charge in [0.25, 0.3) is 5.91 Å². The number of rotatable bonds is 7. The van der Waals surface area contributed by atoms with E-state index in [0.717, 1.165) is 4.42 Å². The average molecular weight is 899 g/mol. The maximum Gasteiger partial charge on any atom is 0.358 e. The number of aromatic nitrogens is 2. The van der Waals surface area contributed by atoms with Crippen LogP contribution >= 0.6 is 58.4 Å². The SMILES string of the molecule is CC1(C)C(=O)N(Cl)C(=O)N1Cl.COC(=O)c1cc(Nc2ccc(OC)cc2)c(F)c(-c2ccc(Cl)cc2)n1.COC(=O)c1nc(-c2ccc(Cl)cc2)c(F)c(N)c1Cl. The smallest absolute Gasteiger partial charge is 0.358 e. The highest BCUT2D eigenvalue weighted by Crippen LogP contribution is 2.34. The Kier molecular flexibility index (Phi) is 15.1. The number of nitrogen functional groups attached to an aromatic ring is 1. The van der Waals surface area contributed by atoms with Crippen molar-refractivity contribution < 1.29 is 42.2 Å². The van der Waals surface area contributed by atoms with E-state index in [4.69, 9.17) is 73.6 Å². The molecule has 3 N–H and O–H groups in total. The lowest BCUT2D eigenvalue weighted by molar-refractivity contribution is -0.127. The van der Waals surface area contributed by atoms with Crippen LogP contribution in [0.15, 0.2) is 78.9 Å². The standard InChI is InChI=1S/C20H16ClFN2O3.C13H9Cl2FN2O2.C5H6Cl2N2O2/c1-26-15-9-7-14(8-10-15)23-16-11-17(20(25)27-2)24-19(18(16)22)12-3-5-13(21)6-4-12;1-20-13(19)12-8(15)10(17)9(16)11(18-12)6-2-4-7(14)5-3-6;1-5(2)3(10)8(6)4(11)9(5)7/h3-11H,1-2H3,(H,23,24);2-5H,1H3,(H2,17,18);1-2H3. The second-order valence-corrected chi connectivity index (χ2v) is 14.1. The molecular formula is C38H31Cl5F2N6O7. The predicted octanol–water partition coefficient (Wildman–Crippen LogP) is 9.98. The van der Waals surface area contributed by atoms with Crippen molar-refractivity contribution in [3.05, 3.63) is 117 Å². The largest absolute Gasteiger partial charge is 0.497 e. The lowest BCUT2D eigenvalue weighted by Gasteiger charge is -2.18. The number of benzene rings is 3. The van der Waals surface area contributed by atoms with E-state index in [9.17, 15) is 23.6 Å². The van der Waals surface area contributed by atoms with Gasteiger partial charge in [0.1, 0.15) is 22.7 Å². The Morgan fingerprint density at radius 3 is 1.67 bits per heavy atom. The van der Waals surface area contributed by atoms with E-state index in [0.29, 0.717) is 37.0 Å². The molecule has 6 rings (SSSR count). The van der Waals surface area contributed by atoms with Gasteiger partial charge in [0.15, 0.2) is 23.0 Å². The summed E-state index contributed by atoms with van der Waals surface area (Å²) in [7, 11) is 3.97. The molecule has 0 unspecified atom stereocenters. The van der Waals surface area contributed by atoms with Crippen molar-refractivity contribution in [2.75, 3.05) is 32.4 Å². The molecular weight excluding hydrogens is 868 g/mol. The van der Waals surface area contributed by atoms with E-state index in [1.165, 1.54) is 34.1 Å². The van der Waals surface area contributed by atoms with Crippen molar-refractivity contribution in [2.24, 2.45) is 0 Å². The summed E-state index contributed by atoms with van der Waals surface area (Å²) in [6, 6.07) is 20.3. The minimum atomic E-state index is -1.04. The van der Waals surface area contributed by atoms with Crippen molar-refractivity contribution in [3.8, 4) is 28.3 Å². The summed E-state index contributed by atoms with van der Waals surface area (Å²) in [6.07, 6.45) is 0. The van der Waals surface area contributed by atoms with Gasteiger partial charge in [0, 0.05) is 50.4 Å². The topological polar surface area (TPSA) is 166 Å². The van der Waals surface area contributed by atoms with Gasteiger partial charge in [-0.25, -0.2) is 37.6 Å². The van der Waals surface area contributed by atoms with Crippen LogP contribution in [-0.4, -0.2) is 69.6 Å². The highest BCUT2D eigenvalue weighted by Gasteiger charge is 2.51. The fourth-order valence-corrected chi connectivity index (χ4v) is 5.70. The third kappa shape index (κ3) is 10.2. The number of nitrogens with one attached hydrogen (secondary N) is 1. The fourth-order valence-electron chi connectivity index (χ4n) is 4.78. The summed E-state index contributed by atoms with van der Waals surface area (Å²) in [6.45, 7) is 3.03. The first kappa shape index (κ1) is 45.3. The van der Waals surface area contributed by atoms with E-state index in [-0.39, 0.29) is 39.2 Å². The van der Waals surface area contributed by atoms with E-state index < -0.39 is 41.1 Å². The van der Waals surface area contributed by atoms with Crippen molar-refractivity contribution >= 4 is 99.3 Å². The number of ether oxygens (including phenoxy) is 3. The van der Waals surface area contributed by atoms with Crippen molar-refractivity contribution in [1.29, 1.82) is 0 Å². The van der Waals surface area contributed by atoms with Gasteiger partial charge in [-0.15, -0.1) is 0 Å². The molecule has 1 fully saturated rings. The summed E-state index contributed by atoms with van der Waals surface area (Å²) in [5, 5.41) is 3.69. The monoisotopic (exact) mass is 896 g/mol. The second kappa shape index (κ2) is 19.3. The van der Waals surface area contributed by atoms with Gasteiger partial charge in [0.05, 0.1) is 37.7 Å². The third-order valence-corrected chi connectivity index (χ3v) is 9.73. The summed E-state index contributed by atoms with van der Waals surface area (Å²) in [5.41, 5.74) is 5.47. The number of nitrogens with two attached hydrogens (primary N) is 1. The molecule has 3 heterocycles. The van der Waals surface area contributed by atoms with Gasteiger partial charge in [0.2, 0.25) is 0 Å². The quantitative estimate of drug-likeness (QED) is 0.0907. The normalized spacial score (nSPS) is 12.8. The number of carbonyl (C=O) groups is 4. The number of halogens is 7. The number of urea groups is 1. The number of esters is 2. The number of carbonyl (C=O) groups excluding carboxylic acids is 4. The Hall–Kier alpha value is -5.45. The van der Waals surface area contributed by atoms with Crippen LogP contribution < -0.4 is 15.8 Å². The summed E-state index contributed by atoms with van der Waals surface area (Å²) in [4.78, 5) is 53.6. The van der Waals surface area contributed by atoms with Gasteiger partial charge in [-0.2, -0.15) is 4.42 Å². The molecule has 5 aromatic rings. The van der Waals surface area contributed by atoms with E-state index in [1.807, 2.05) is 0 Å². The Bertz CT molecular complexity index is 2340. The van der Waals surface area contributed by atoms with Crippen molar-refractivity contribution in [3.63, 3.8) is 0 Å². The van der Waals surface area contributed by atoms with Crippen molar-refractivity contribution in [2.45, 2.75) is 19.4 Å². The predicted molar refractivity (Wildman–Crippen MR) is 218 cm³/mol. The maximum absolute atomic E-state index is 15.1. The van der Waals surface area contributed by atoms with E-state index >= 15 is 4.39 Å². The molecule has 13 nitrogen and oxygen atoms in total. The summed E-state index contributed by atoms with van der Waals surface area (Å²) >= 11 is 28.2. The molecule has 0 radical (unpaired) electrons. The number of hydrogen-bond donors (Lipinski definition) is 2. The van der Waals surface area contributed by atoms with Crippen LogP contribution in [0.2, 0.25) is 15.1 Å². The minimum absolute atomic E-state index is 0.0140. The third-order valence-electron chi connectivity index (χ3n) is 7.98. The molecule has 0 spiro atoms. The first-order valence-electron chi connectivity index (χ1n) is 16.3. The first-order valence-corrected chi connectivity index (χ1v) is 18.1. The van der Waals surface area contributed by atoms with Crippen LogP contribution in [0, 0.1) is 11.6 Å².